The Bertz CT molecular complexity index is 1310. The third-order valence-electron chi connectivity index (χ3n) is 4.69. The van der Waals surface area contributed by atoms with E-state index in [9.17, 15) is 9.59 Å². The second-order valence-corrected chi connectivity index (χ2v) is 10.4. The van der Waals surface area contributed by atoms with Crippen LogP contribution in [0.3, 0.4) is 0 Å². The lowest BCUT2D eigenvalue weighted by Gasteiger charge is -2.20. The average molecular weight is 509 g/mol. The van der Waals surface area contributed by atoms with Crippen LogP contribution in [0.25, 0.3) is 0 Å². The van der Waals surface area contributed by atoms with E-state index in [4.69, 9.17) is 9.47 Å². The van der Waals surface area contributed by atoms with Gasteiger partial charge in [-0.25, -0.2) is 9.59 Å². The lowest BCUT2D eigenvalue weighted by Crippen LogP contribution is -2.27. The second-order valence-electron chi connectivity index (χ2n) is 10.4. The molecule has 6 heteroatoms. The minimum Gasteiger partial charge on any atom is -0.444 e. The normalized spacial score (nSPS) is 10.7. The van der Waals surface area contributed by atoms with Crippen molar-refractivity contribution in [3.8, 4) is 23.7 Å². The number of rotatable bonds is 2. The molecule has 0 aliphatic rings. The van der Waals surface area contributed by atoms with E-state index in [2.05, 4.69) is 34.3 Å². The summed E-state index contributed by atoms with van der Waals surface area (Å²) in [6.45, 7) is 10.9. The maximum absolute atomic E-state index is 12.2. The smallest absolute Gasteiger partial charge is 0.412 e. The highest BCUT2D eigenvalue weighted by molar-refractivity contribution is 5.87. The summed E-state index contributed by atoms with van der Waals surface area (Å²) in [7, 11) is 0. The van der Waals surface area contributed by atoms with Gasteiger partial charge < -0.3 is 9.47 Å². The lowest BCUT2D eigenvalue weighted by molar-refractivity contribution is 0.0624. The summed E-state index contributed by atoms with van der Waals surface area (Å²) in [5.74, 6) is 12.5. The number of anilines is 2. The average Bonchev–Trinajstić information content (AvgIpc) is 2.81. The summed E-state index contributed by atoms with van der Waals surface area (Å²) in [6.07, 6.45) is -1.06. The zero-order chi connectivity index (χ0) is 27.8. The van der Waals surface area contributed by atoms with Crippen molar-refractivity contribution in [2.45, 2.75) is 52.7 Å². The van der Waals surface area contributed by atoms with Crippen molar-refractivity contribution in [1.29, 1.82) is 0 Å². The van der Waals surface area contributed by atoms with Gasteiger partial charge in [0.05, 0.1) is 11.4 Å². The van der Waals surface area contributed by atoms with Gasteiger partial charge in [-0.15, -0.1) is 0 Å². The van der Waals surface area contributed by atoms with Crippen LogP contribution in [-0.4, -0.2) is 23.4 Å². The van der Waals surface area contributed by atoms with Crippen molar-refractivity contribution < 1.29 is 19.1 Å². The molecule has 0 spiro atoms. The number of para-hydroxylation sites is 2. The summed E-state index contributed by atoms with van der Waals surface area (Å²) in [4.78, 5) is 24.3. The SMILES string of the molecule is CC(C)(C)OC(=O)Nc1ccccc1C#Cc1ccc(C#Cc2ccccc2NC(=O)OC(C)(C)C)cc1. The molecule has 2 amide bonds. The van der Waals surface area contributed by atoms with E-state index >= 15 is 0 Å². The van der Waals surface area contributed by atoms with E-state index in [1.807, 2.05) is 102 Å². The Morgan fingerprint density at radius 3 is 1.24 bits per heavy atom. The molecule has 6 nitrogen and oxygen atoms in total. The highest BCUT2D eigenvalue weighted by Gasteiger charge is 2.17. The summed E-state index contributed by atoms with van der Waals surface area (Å²) in [5.41, 5.74) is 2.93. The summed E-state index contributed by atoms with van der Waals surface area (Å²) < 4.78 is 10.7. The van der Waals surface area contributed by atoms with Crippen LogP contribution in [0, 0.1) is 23.7 Å². The molecule has 38 heavy (non-hydrogen) atoms. The quantitative estimate of drug-likeness (QED) is 0.360. The largest absolute Gasteiger partial charge is 0.444 e. The fraction of sp³-hybridized carbons (Fsp3) is 0.250. The van der Waals surface area contributed by atoms with E-state index in [0.717, 1.165) is 11.1 Å². The predicted molar refractivity (Wildman–Crippen MR) is 151 cm³/mol. The lowest BCUT2D eigenvalue weighted by atomic mass is 10.1. The third kappa shape index (κ3) is 9.41. The molecule has 3 aromatic carbocycles. The van der Waals surface area contributed by atoms with Crippen LogP contribution < -0.4 is 10.6 Å². The van der Waals surface area contributed by atoms with Crippen LogP contribution in [0.4, 0.5) is 21.0 Å². The van der Waals surface area contributed by atoms with Crippen LogP contribution in [0.1, 0.15) is 63.8 Å². The molecule has 0 radical (unpaired) electrons. The van der Waals surface area contributed by atoms with Gasteiger partial charge in [-0.1, -0.05) is 47.9 Å². The Morgan fingerprint density at radius 1 is 0.553 bits per heavy atom. The Morgan fingerprint density at radius 2 is 0.895 bits per heavy atom. The molecule has 0 saturated heterocycles. The molecule has 3 aromatic rings. The number of hydrogen-bond acceptors (Lipinski definition) is 4. The van der Waals surface area contributed by atoms with Crippen molar-refractivity contribution in [1.82, 2.24) is 0 Å². The number of benzene rings is 3. The van der Waals surface area contributed by atoms with Crippen LogP contribution >= 0.6 is 0 Å². The van der Waals surface area contributed by atoms with Gasteiger partial charge in [-0.05, 0) is 90.1 Å². The first-order chi connectivity index (χ1) is 17.9. The van der Waals surface area contributed by atoms with Gasteiger partial charge in [0.2, 0.25) is 0 Å². The molecule has 0 heterocycles. The van der Waals surface area contributed by atoms with E-state index in [0.29, 0.717) is 22.5 Å². The Labute approximate surface area is 224 Å². The molecule has 2 N–H and O–H groups in total. The predicted octanol–water partition coefficient (Wildman–Crippen LogP) is 7.18. The van der Waals surface area contributed by atoms with Crippen LogP contribution in [-0.2, 0) is 9.47 Å². The third-order valence-corrected chi connectivity index (χ3v) is 4.69. The summed E-state index contributed by atoms with van der Waals surface area (Å²) in [6, 6.07) is 22.1. The van der Waals surface area contributed by atoms with Crippen molar-refractivity contribution in [2.75, 3.05) is 10.6 Å². The standard InChI is InChI=1S/C32H32N2O4/c1-31(2,3)37-29(35)33-27-13-9-7-11-25(27)21-19-23-15-17-24(18-16-23)20-22-26-12-8-10-14-28(26)34-30(36)38-32(4,5)6/h7-18H,1-6H3,(H,33,35)(H,34,36). The Balaban J connectivity index is 1.72. The van der Waals surface area contributed by atoms with Gasteiger partial charge in [0.15, 0.2) is 0 Å². The van der Waals surface area contributed by atoms with Gasteiger partial charge in [-0.2, -0.15) is 0 Å². The second kappa shape index (κ2) is 12.0. The molecule has 0 aliphatic carbocycles. The monoisotopic (exact) mass is 508 g/mol. The molecule has 194 valence electrons. The molecular weight excluding hydrogens is 476 g/mol. The molecule has 0 aliphatic heterocycles. The number of carbonyl (C=O) groups is 2. The van der Waals surface area contributed by atoms with Crippen molar-refractivity contribution in [3.05, 3.63) is 95.1 Å². The molecular formula is C32H32N2O4. The van der Waals surface area contributed by atoms with E-state index < -0.39 is 23.4 Å². The fourth-order valence-electron chi connectivity index (χ4n) is 3.15. The van der Waals surface area contributed by atoms with Crippen LogP contribution in [0.5, 0.6) is 0 Å². The highest BCUT2D eigenvalue weighted by atomic mass is 16.6. The minimum absolute atomic E-state index is 0.530. The zero-order valence-electron chi connectivity index (χ0n) is 22.6. The summed E-state index contributed by atoms with van der Waals surface area (Å²) in [5, 5.41) is 5.51. The van der Waals surface area contributed by atoms with E-state index in [1.54, 1.807) is 12.1 Å². The van der Waals surface area contributed by atoms with Gasteiger partial charge in [0.1, 0.15) is 11.2 Å². The molecule has 0 unspecified atom stereocenters. The molecule has 3 rings (SSSR count). The first-order valence-electron chi connectivity index (χ1n) is 12.2. The molecule has 0 aromatic heterocycles. The first kappa shape index (κ1) is 27.9. The van der Waals surface area contributed by atoms with Gasteiger partial charge in [-0.3, -0.25) is 10.6 Å². The molecule has 0 atom stereocenters. The zero-order valence-corrected chi connectivity index (χ0v) is 22.6. The van der Waals surface area contributed by atoms with Crippen LogP contribution in [0.15, 0.2) is 72.8 Å². The van der Waals surface area contributed by atoms with E-state index in [1.165, 1.54) is 0 Å². The number of nitrogens with one attached hydrogen (secondary N) is 2. The summed E-state index contributed by atoms with van der Waals surface area (Å²) >= 11 is 0. The number of amides is 2. The molecule has 0 fully saturated rings. The molecule has 0 saturated carbocycles. The maximum atomic E-state index is 12.2. The Hall–Kier alpha value is -4.68. The van der Waals surface area contributed by atoms with Crippen molar-refractivity contribution >= 4 is 23.6 Å². The number of ether oxygens (including phenoxy) is 2. The van der Waals surface area contributed by atoms with E-state index in [-0.39, 0.29) is 0 Å². The number of hydrogen-bond donors (Lipinski definition) is 2. The minimum atomic E-state index is -0.591. The van der Waals surface area contributed by atoms with Crippen LogP contribution in [0.2, 0.25) is 0 Å². The first-order valence-corrected chi connectivity index (χ1v) is 12.2. The van der Waals surface area contributed by atoms with Crippen molar-refractivity contribution in [3.63, 3.8) is 0 Å². The van der Waals surface area contributed by atoms with Gasteiger partial charge in [0.25, 0.3) is 0 Å². The maximum Gasteiger partial charge on any atom is 0.412 e. The molecule has 0 bridgehead atoms. The topological polar surface area (TPSA) is 76.7 Å². The Kier molecular flexibility index (Phi) is 8.84. The number of carbonyl (C=O) groups excluding carboxylic acids is 2. The fourth-order valence-corrected chi connectivity index (χ4v) is 3.15. The van der Waals surface area contributed by atoms with Gasteiger partial charge in [0, 0.05) is 22.3 Å². The van der Waals surface area contributed by atoms with Gasteiger partial charge >= 0.3 is 12.2 Å². The van der Waals surface area contributed by atoms with Crippen molar-refractivity contribution in [2.24, 2.45) is 0 Å². The highest BCUT2D eigenvalue weighted by Crippen LogP contribution is 2.18.